The molecule has 20 heavy (non-hydrogen) atoms. The van der Waals surface area contributed by atoms with Gasteiger partial charge in [-0.3, -0.25) is 4.79 Å². The Morgan fingerprint density at radius 3 is 2.75 bits per heavy atom. The average molecular weight is 338 g/mol. The number of nitrogens with one attached hydrogen (secondary N) is 1. The number of amides is 1. The topological polar surface area (TPSA) is 38.3 Å². The SMILES string of the molecule is C=CCNC(=O)C1(Cc2ccccc2Br)CCOCC1. The predicted octanol–water partition coefficient (Wildman–Crippen LogP) is 3.09. The Labute approximate surface area is 128 Å². The first-order valence-electron chi connectivity index (χ1n) is 6.88. The van der Waals surface area contributed by atoms with Crippen molar-refractivity contribution in [3.05, 3.63) is 47.0 Å². The minimum absolute atomic E-state index is 0.108. The Balaban J connectivity index is 2.20. The van der Waals surface area contributed by atoms with E-state index in [1.165, 1.54) is 5.56 Å². The maximum absolute atomic E-state index is 12.6. The first-order valence-corrected chi connectivity index (χ1v) is 7.68. The van der Waals surface area contributed by atoms with Gasteiger partial charge in [0.2, 0.25) is 5.91 Å². The lowest BCUT2D eigenvalue weighted by molar-refractivity contribution is -0.136. The van der Waals surface area contributed by atoms with E-state index in [1.54, 1.807) is 6.08 Å². The van der Waals surface area contributed by atoms with Crippen LogP contribution in [-0.4, -0.2) is 25.7 Å². The molecule has 3 nitrogen and oxygen atoms in total. The summed E-state index contributed by atoms with van der Waals surface area (Å²) in [6.45, 7) is 5.45. The van der Waals surface area contributed by atoms with Gasteiger partial charge in [-0.05, 0) is 30.9 Å². The zero-order valence-corrected chi connectivity index (χ0v) is 13.1. The van der Waals surface area contributed by atoms with Crippen LogP contribution in [0.1, 0.15) is 18.4 Å². The van der Waals surface area contributed by atoms with Crippen molar-refractivity contribution in [3.8, 4) is 0 Å². The summed E-state index contributed by atoms with van der Waals surface area (Å²) in [7, 11) is 0. The highest BCUT2D eigenvalue weighted by Gasteiger charge is 2.40. The number of rotatable bonds is 5. The van der Waals surface area contributed by atoms with E-state index in [2.05, 4.69) is 33.9 Å². The highest BCUT2D eigenvalue weighted by Crippen LogP contribution is 2.36. The minimum Gasteiger partial charge on any atom is -0.381 e. The molecule has 1 saturated heterocycles. The molecule has 1 amide bonds. The van der Waals surface area contributed by atoms with Crippen LogP contribution in [0.4, 0.5) is 0 Å². The lowest BCUT2D eigenvalue weighted by Crippen LogP contribution is -2.46. The molecule has 0 atom stereocenters. The van der Waals surface area contributed by atoms with Gasteiger partial charge in [-0.2, -0.15) is 0 Å². The molecule has 1 aromatic rings. The van der Waals surface area contributed by atoms with E-state index < -0.39 is 0 Å². The van der Waals surface area contributed by atoms with E-state index >= 15 is 0 Å². The van der Waals surface area contributed by atoms with E-state index in [9.17, 15) is 4.79 Å². The third-order valence-electron chi connectivity index (χ3n) is 3.83. The lowest BCUT2D eigenvalue weighted by Gasteiger charge is -2.36. The Hall–Kier alpha value is -1.13. The molecule has 1 N–H and O–H groups in total. The van der Waals surface area contributed by atoms with Crippen LogP contribution in [0, 0.1) is 5.41 Å². The number of hydrogen-bond acceptors (Lipinski definition) is 2. The van der Waals surface area contributed by atoms with Gasteiger partial charge in [0.1, 0.15) is 0 Å². The molecular formula is C16H20BrNO2. The van der Waals surface area contributed by atoms with Crippen molar-refractivity contribution in [2.75, 3.05) is 19.8 Å². The quantitative estimate of drug-likeness (QED) is 0.838. The molecule has 0 unspecified atom stereocenters. The fraction of sp³-hybridized carbons (Fsp3) is 0.438. The van der Waals surface area contributed by atoms with Crippen molar-refractivity contribution in [2.24, 2.45) is 5.41 Å². The molecule has 1 aliphatic rings. The molecule has 0 bridgehead atoms. The van der Waals surface area contributed by atoms with E-state index in [0.717, 1.165) is 23.7 Å². The van der Waals surface area contributed by atoms with Crippen LogP contribution in [0.2, 0.25) is 0 Å². The molecule has 0 aliphatic carbocycles. The Morgan fingerprint density at radius 1 is 1.40 bits per heavy atom. The smallest absolute Gasteiger partial charge is 0.226 e. The number of carbonyl (C=O) groups excluding carboxylic acids is 1. The summed E-state index contributed by atoms with van der Waals surface area (Å²) in [5, 5.41) is 2.95. The molecule has 2 rings (SSSR count). The first-order chi connectivity index (χ1) is 9.68. The van der Waals surface area contributed by atoms with Crippen LogP contribution in [0.3, 0.4) is 0 Å². The highest BCUT2D eigenvalue weighted by atomic mass is 79.9. The maximum Gasteiger partial charge on any atom is 0.226 e. The normalized spacial score (nSPS) is 17.4. The maximum atomic E-state index is 12.6. The van der Waals surface area contributed by atoms with Gasteiger partial charge in [0, 0.05) is 24.2 Å². The molecule has 0 saturated carbocycles. The monoisotopic (exact) mass is 337 g/mol. The van der Waals surface area contributed by atoms with Crippen molar-refractivity contribution in [1.82, 2.24) is 5.32 Å². The summed E-state index contributed by atoms with van der Waals surface area (Å²) in [6, 6.07) is 8.09. The van der Waals surface area contributed by atoms with E-state index in [4.69, 9.17) is 4.74 Å². The summed E-state index contributed by atoms with van der Waals surface area (Å²) in [5.74, 6) is 0.108. The largest absolute Gasteiger partial charge is 0.381 e. The van der Waals surface area contributed by atoms with Gasteiger partial charge in [-0.15, -0.1) is 6.58 Å². The van der Waals surface area contributed by atoms with Crippen molar-refractivity contribution >= 4 is 21.8 Å². The summed E-state index contributed by atoms with van der Waals surface area (Å²) in [5.41, 5.74) is 0.800. The van der Waals surface area contributed by atoms with Crippen LogP contribution in [0.15, 0.2) is 41.4 Å². The summed E-state index contributed by atoms with van der Waals surface area (Å²) in [6.07, 6.45) is 3.97. The predicted molar refractivity (Wildman–Crippen MR) is 83.5 cm³/mol. The third-order valence-corrected chi connectivity index (χ3v) is 4.60. The number of halogens is 1. The number of carbonyl (C=O) groups is 1. The van der Waals surface area contributed by atoms with E-state index in [-0.39, 0.29) is 11.3 Å². The van der Waals surface area contributed by atoms with Crippen LogP contribution < -0.4 is 5.32 Å². The average Bonchev–Trinajstić information content (AvgIpc) is 2.48. The van der Waals surface area contributed by atoms with Gasteiger partial charge < -0.3 is 10.1 Å². The van der Waals surface area contributed by atoms with Crippen LogP contribution >= 0.6 is 15.9 Å². The molecule has 0 radical (unpaired) electrons. The summed E-state index contributed by atoms with van der Waals surface area (Å²) >= 11 is 3.57. The molecule has 0 aromatic heterocycles. The van der Waals surface area contributed by atoms with Gasteiger partial charge in [0.15, 0.2) is 0 Å². The number of ether oxygens (including phenoxy) is 1. The molecule has 1 fully saturated rings. The Kier molecular flexibility index (Phi) is 5.38. The van der Waals surface area contributed by atoms with Gasteiger partial charge in [0.25, 0.3) is 0 Å². The fourth-order valence-electron chi connectivity index (χ4n) is 2.60. The number of benzene rings is 1. The molecular weight excluding hydrogens is 318 g/mol. The van der Waals surface area contributed by atoms with E-state index in [1.807, 2.05) is 18.2 Å². The second-order valence-electron chi connectivity index (χ2n) is 5.16. The molecule has 1 aliphatic heterocycles. The number of hydrogen-bond donors (Lipinski definition) is 1. The lowest BCUT2D eigenvalue weighted by atomic mass is 9.74. The van der Waals surface area contributed by atoms with Gasteiger partial charge in [-0.25, -0.2) is 0 Å². The van der Waals surface area contributed by atoms with Crippen LogP contribution in [-0.2, 0) is 16.0 Å². The molecule has 0 spiro atoms. The highest BCUT2D eigenvalue weighted by molar-refractivity contribution is 9.10. The second kappa shape index (κ2) is 7.04. The van der Waals surface area contributed by atoms with Gasteiger partial charge in [0.05, 0.1) is 5.41 Å². The first kappa shape index (κ1) is 15.3. The Bertz CT molecular complexity index is 481. The molecule has 1 heterocycles. The van der Waals surface area contributed by atoms with Gasteiger partial charge >= 0.3 is 0 Å². The summed E-state index contributed by atoms with van der Waals surface area (Å²) < 4.78 is 6.49. The van der Waals surface area contributed by atoms with Crippen molar-refractivity contribution in [2.45, 2.75) is 19.3 Å². The molecule has 4 heteroatoms. The van der Waals surface area contributed by atoms with Crippen molar-refractivity contribution in [3.63, 3.8) is 0 Å². The summed E-state index contributed by atoms with van der Waals surface area (Å²) in [4.78, 5) is 12.6. The van der Waals surface area contributed by atoms with Crippen LogP contribution in [0.5, 0.6) is 0 Å². The third kappa shape index (κ3) is 3.49. The zero-order chi connectivity index (χ0) is 14.4. The zero-order valence-electron chi connectivity index (χ0n) is 11.5. The second-order valence-corrected chi connectivity index (χ2v) is 6.01. The van der Waals surface area contributed by atoms with E-state index in [0.29, 0.717) is 19.8 Å². The fourth-order valence-corrected chi connectivity index (χ4v) is 3.03. The van der Waals surface area contributed by atoms with Crippen LogP contribution in [0.25, 0.3) is 0 Å². The van der Waals surface area contributed by atoms with Gasteiger partial charge in [-0.1, -0.05) is 40.2 Å². The molecule has 1 aromatic carbocycles. The van der Waals surface area contributed by atoms with Crippen molar-refractivity contribution in [1.29, 1.82) is 0 Å². The standard InChI is InChI=1S/C16H20BrNO2/c1-2-9-18-15(19)16(7-10-20-11-8-16)12-13-5-3-4-6-14(13)17/h2-6H,1,7-12H2,(H,18,19). The molecule has 108 valence electrons. The Morgan fingerprint density at radius 2 is 2.10 bits per heavy atom. The minimum atomic E-state index is -0.370. The van der Waals surface area contributed by atoms with Crippen molar-refractivity contribution < 1.29 is 9.53 Å².